The number of rotatable bonds is 13. The lowest BCUT2D eigenvalue weighted by molar-refractivity contribution is -0.142. The summed E-state index contributed by atoms with van der Waals surface area (Å²) in [5, 5.41) is 18.1. The van der Waals surface area contributed by atoms with Crippen molar-refractivity contribution in [3.05, 3.63) is 54.2 Å². The lowest BCUT2D eigenvalue weighted by Gasteiger charge is -2.26. The zero-order valence-corrected chi connectivity index (χ0v) is 22.0. The number of carboxylic acids is 1. The molecule has 0 fully saturated rings. The van der Waals surface area contributed by atoms with Gasteiger partial charge >= 0.3 is 5.97 Å². The summed E-state index contributed by atoms with van der Waals surface area (Å²) in [6.45, 7) is 3.49. The number of amides is 3. The highest BCUT2D eigenvalue weighted by atomic mass is 32.1. The Labute approximate surface area is 225 Å². The third-order valence-corrected chi connectivity index (χ3v) is 6.47. The van der Waals surface area contributed by atoms with Gasteiger partial charge in [-0.2, -0.15) is 12.6 Å². The predicted molar refractivity (Wildman–Crippen MR) is 144 cm³/mol. The number of imidazole rings is 1. The number of carbonyl (C=O) groups is 4. The molecule has 0 spiro atoms. The molecule has 0 radical (unpaired) electrons. The number of para-hydroxylation sites is 1. The molecule has 0 saturated carbocycles. The third kappa shape index (κ3) is 7.35. The first-order chi connectivity index (χ1) is 18.1. The van der Waals surface area contributed by atoms with Crippen LogP contribution in [0.4, 0.5) is 0 Å². The number of hydrogen-bond acceptors (Lipinski definition) is 7. The average Bonchev–Trinajstić information content (AvgIpc) is 3.54. The Morgan fingerprint density at radius 2 is 1.71 bits per heavy atom. The van der Waals surface area contributed by atoms with Gasteiger partial charge in [-0.25, -0.2) is 9.78 Å². The Balaban J connectivity index is 1.61. The molecule has 13 heteroatoms. The first kappa shape index (κ1) is 28.7. The molecule has 12 nitrogen and oxygen atoms in total. The van der Waals surface area contributed by atoms with Gasteiger partial charge in [0.15, 0.2) is 0 Å². The zero-order valence-electron chi connectivity index (χ0n) is 21.1. The van der Waals surface area contributed by atoms with Crippen LogP contribution in [0.2, 0.25) is 0 Å². The maximum absolute atomic E-state index is 13.1. The van der Waals surface area contributed by atoms with Gasteiger partial charge < -0.3 is 36.8 Å². The van der Waals surface area contributed by atoms with Crippen LogP contribution in [0.15, 0.2) is 43.0 Å². The number of carboxylic acid groups (broad SMARTS) is 1. The first-order valence-electron chi connectivity index (χ1n) is 12.1. The van der Waals surface area contributed by atoms with Crippen LogP contribution >= 0.6 is 12.6 Å². The molecule has 38 heavy (non-hydrogen) atoms. The summed E-state index contributed by atoms with van der Waals surface area (Å²) in [6, 6.07) is 3.39. The van der Waals surface area contributed by atoms with Gasteiger partial charge in [-0.3, -0.25) is 14.4 Å². The summed E-state index contributed by atoms with van der Waals surface area (Å²) in [4.78, 5) is 60.2. The quantitative estimate of drug-likeness (QED) is 0.140. The number of nitrogens with zero attached hydrogens (tertiary/aromatic N) is 1. The van der Waals surface area contributed by atoms with Crippen molar-refractivity contribution in [2.45, 2.75) is 50.9 Å². The van der Waals surface area contributed by atoms with E-state index in [2.05, 4.69) is 43.5 Å². The van der Waals surface area contributed by atoms with Gasteiger partial charge in [0.2, 0.25) is 17.7 Å². The summed E-state index contributed by atoms with van der Waals surface area (Å²) in [5.74, 6) is -3.50. The van der Waals surface area contributed by atoms with E-state index in [1.165, 1.54) is 12.5 Å². The molecule has 0 aliphatic rings. The van der Waals surface area contributed by atoms with Crippen molar-refractivity contribution in [1.29, 1.82) is 0 Å². The van der Waals surface area contributed by atoms with Gasteiger partial charge in [0.05, 0.1) is 12.4 Å². The number of aromatic amines is 2. The predicted octanol–water partition coefficient (Wildman–Crippen LogP) is 0.128. The lowest BCUT2D eigenvalue weighted by atomic mass is 10.0. The van der Waals surface area contributed by atoms with Crippen LogP contribution in [-0.2, 0) is 32.0 Å². The van der Waals surface area contributed by atoms with Gasteiger partial charge in [-0.15, -0.1) is 0 Å². The van der Waals surface area contributed by atoms with Gasteiger partial charge in [0.25, 0.3) is 0 Å². The highest BCUT2D eigenvalue weighted by molar-refractivity contribution is 7.80. The second-order valence-corrected chi connectivity index (χ2v) is 9.69. The molecule has 2 aromatic heterocycles. The SMILES string of the molecule is CC(C)C(NC(=O)C(N)Cc1c[nH]c2ccccc12)C(=O)NC(CS)C(=O)NC(Cc1cnc[nH]1)C(=O)O. The summed E-state index contributed by atoms with van der Waals surface area (Å²) >= 11 is 4.14. The number of fused-ring (bicyclic) bond motifs is 1. The van der Waals surface area contributed by atoms with Gasteiger partial charge in [-0.05, 0) is 24.0 Å². The summed E-state index contributed by atoms with van der Waals surface area (Å²) < 4.78 is 0. The zero-order chi connectivity index (χ0) is 27.8. The Kier molecular flexibility index (Phi) is 9.91. The molecule has 3 rings (SSSR count). The van der Waals surface area contributed by atoms with E-state index in [1.54, 1.807) is 20.0 Å². The number of nitrogens with one attached hydrogen (secondary N) is 5. The van der Waals surface area contributed by atoms with Crippen LogP contribution in [0, 0.1) is 5.92 Å². The van der Waals surface area contributed by atoms with Crippen LogP contribution < -0.4 is 21.7 Å². The van der Waals surface area contributed by atoms with E-state index in [0.717, 1.165) is 16.5 Å². The van der Waals surface area contributed by atoms with E-state index in [0.29, 0.717) is 5.69 Å². The van der Waals surface area contributed by atoms with Crippen molar-refractivity contribution < 1.29 is 24.3 Å². The summed E-state index contributed by atoms with van der Waals surface area (Å²) in [6.07, 6.45) is 4.90. The van der Waals surface area contributed by atoms with Crippen LogP contribution in [0.1, 0.15) is 25.1 Å². The Morgan fingerprint density at radius 1 is 1.00 bits per heavy atom. The van der Waals surface area contributed by atoms with Crippen molar-refractivity contribution in [2.75, 3.05) is 5.75 Å². The van der Waals surface area contributed by atoms with E-state index in [4.69, 9.17) is 5.73 Å². The number of carbonyl (C=O) groups excluding carboxylic acids is 3. The van der Waals surface area contributed by atoms with Crippen LogP contribution in [0.5, 0.6) is 0 Å². The van der Waals surface area contributed by atoms with Crippen molar-refractivity contribution >= 4 is 47.2 Å². The fourth-order valence-electron chi connectivity index (χ4n) is 3.97. The van der Waals surface area contributed by atoms with Crippen molar-refractivity contribution in [3.63, 3.8) is 0 Å². The smallest absolute Gasteiger partial charge is 0.326 e. The molecule has 3 aromatic rings. The van der Waals surface area contributed by atoms with Gasteiger partial charge in [-0.1, -0.05) is 32.0 Å². The molecule has 0 saturated heterocycles. The lowest BCUT2D eigenvalue weighted by Crippen LogP contribution is -2.59. The summed E-state index contributed by atoms with van der Waals surface area (Å²) in [5.41, 5.74) is 8.50. The monoisotopic (exact) mass is 543 g/mol. The maximum atomic E-state index is 13.1. The van der Waals surface area contributed by atoms with Gasteiger partial charge in [0, 0.05) is 41.2 Å². The van der Waals surface area contributed by atoms with Crippen molar-refractivity contribution in [3.8, 4) is 0 Å². The van der Waals surface area contributed by atoms with Gasteiger partial charge in [0.1, 0.15) is 18.1 Å². The molecule has 3 amide bonds. The molecule has 0 aliphatic carbocycles. The second-order valence-electron chi connectivity index (χ2n) is 9.32. The number of H-pyrrole nitrogens is 2. The van der Waals surface area contributed by atoms with E-state index in [-0.39, 0.29) is 24.5 Å². The van der Waals surface area contributed by atoms with Crippen molar-refractivity contribution in [1.82, 2.24) is 30.9 Å². The first-order valence-corrected chi connectivity index (χ1v) is 12.8. The number of hydrogen-bond donors (Lipinski definition) is 8. The summed E-state index contributed by atoms with van der Waals surface area (Å²) in [7, 11) is 0. The number of aliphatic carboxylic acids is 1. The molecular formula is C25H33N7O5S. The Morgan fingerprint density at radius 3 is 2.34 bits per heavy atom. The van der Waals surface area contributed by atoms with Crippen LogP contribution in [0.3, 0.4) is 0 Å². The topological polar surface area (TPSA) is 195 Å². The van der Waals surface area contributed by atoms with Crippen LogP contribution in [-0.4, -0.2) is 73.7 Å². The number of benzene rings is 1. The van der Waals surface area contributed by atoms with Crippen LogP contribution in [0.25, 0.3) is 10.9 Å². The Hall–Kier alpha value is -3.84. The van der Waals surface area contributed by atoms with E-state index >= 15 is 0 Å². The number of nitrogens with two attached hydrogens (primary N) is 1. The Bertz CT molecular complexity index is 1260. The molecule has 8 N–H and O–H groups in total. The number of aromatic nitrogens is 3. The fourth-order valence-corrected chi connectivity index (χ4v) is 4.23. The largest absolute Gasteiger partial charge is 0.480 e. The molecule has 0 bridgehead atoms. The minimum Gasteiger partial charge on any atom is -0.480 e. The fraction of sp³-hybridized carbons (Fsp3) is 0.400. The minimum atomic E-state index is -1.25. The third-order valence-electron chi connectivity index (χ3n) is 6.11. The van der Waals surface area contributed by atoms with E-state index in [9.17, 15) is 24.3 Å². The maximum Gasteiger partial charge on any atom is 0.326 e. The molecule has 4 atom stereocenters. The molecule has 204 valence electrons. The molecule has 2 heterocycles. The van der Waals surface area contributed by atoms with Crippen molar-refractivity contribution in [2.24, 2.45) is 11.7 Å². The molecule has 1 aromatic carbocycles. The van der Waals surface area contributed by atoms with E-state index in [1.807, 2.05) is 24.3 Å². The highest BCUT2D eigenvalue weighted by Crippen LogP contribution is 2.19. The molecular weight excluding hydrogens is 510 g/mol. The number of thiol groups is 1. The second kappa shape index (κ2) is 13.1. The highest BCUT2D eigenvalue weighted by Gasteiger charge is 2.31. The molecule has 4 unspecified atom stereocenters. The standard InChI is InChI=1S/C25H33N7O5S/c1-13(2)21(32-22(33)17(26)7-14-9-28-18-6-4-3-5-16(14)18)24(35)31-20(11-38)23(34)30-19(25(36)37)8-15-10-27-12-29-15/h3-6,9-10,12-13,17,19-21,28,38H,7-8,11,26H2,1-2H3,(H,27,29)(H,30,34)(H,31,35)(H,32,33)(H,36,37). The molecule has 0 aliphatic heterocycles. The minimum absolute atomic E-state index is 0.0205. The van der Waals surface area contributed by atoms with E-state index < -0.39 is 47.9 Å². The normalized spacial score (nSPS) is 14.4. The average molecular weight is 544 g/mol.